The lowest BCUT2D eigenvalue weighted by Gasteiger charge is -2.08. The Morgan fingerprint density at radius 2 is 2.12 bits per heavy atom. The monoisotopic (exact) mass is 231 g/mol. The van der Waals surface area contributed by atoms with Gasteiger partial charge in [0.25, 0.3) is 5.91 Å². The number of phenols is 1. The molecule has 2 aromatic rings. The second-order valence-corrected chi connectivity index (χ2v) is 3.85. The number of carbonyl (C=O) groups is 1. The molecule has 2 rings (SSSR count). The highest BCUT2D eigenvalue weighted by Crippen LogP contribution is 2.24. The molecule has 0 aliphatic carbocycles. The van der Waals surface area contributed by atoms with Gasteiger partial charge in [0.1, 0.15) is 17.8 Å². The van der Waals surface area contributed by atoms with Crippen LogP contribution in [0.3, 0.4) is 0 Å². The molecule has 17 heavy (non-hydrogen) atoms. The van der Waals surface area contributed by atoms with Gasteiger partial charge in [0, 0.05) is 11.3 Å². The maximum Gasteiger partial charge on any atom is 0.258 e. The van der Waals surface area contributed by atoms with Crippen LogP contribution in [0.15, 0.2) is 34.9 Å². The standard InChI is InChI=1S/C13H13NO3/c1-8-6-10(7-17-8)13(16)14-11-4-3-5-12(15)9(11)2/h3-7,15H,1-2H3,(H,14,16). The van der Waals surface area contributed by atoms with E-state index in [1.165, 1.54) is 6.26 Å². The van der Waals surface area contributed by atoms with Crippen molar-refractivity contribution in [2.24, 2.45) is 0 Å². The Morgan fingerprint density at radius 3 is 2.76 bits per heavy atom. The minimum atomic E-state index is -0.254. The fraction of sp³-hybridized carbons (Fsp3) is 0.154. The van der Waals surface area contributed by atoms with E-state index in [4.69, 9.17) is 4.42 Å². The highest BCUT2D eigenvalue weighted by Gasteiger charge is 2.11. The van der Waals surface area contributed by atoms with Gasteiger partial charge in [-0.25, -0.2) is 0 Å². The zero-order valence-corrected chi connectivity index (χ0v) is 9.65. The Morgan fingerprint density at radius 1 is 1.35 bits per heavy atom. The number of phenolic OH excluding ortho intramolecular Hbond substituents is 1. The molecule has 0 atom stereocenters. The first-order valence-corrected chi connectivity index (χ1v) is 5.23. The third-order valence-corrected chi connectivity index (χ3v) is 2.55. The molecule has 0 radical (unpaired) electrons. The first kappa shape index (κ1) is 11.3. The quantitative estimate of drug-likeness (QED) is 0.835. The first-order valence-electron chi connectivity index (χ1n) is 5.23. The molecular formula is C13H13NO3. The van der Waals surface area contributed by atoms with E-state index in [9.17, 15) is 9.90 Å². The van der Waals surface area contributed by atoms with Crippen LogP contribution in [0.1, 0.15) is 21.7 Å². The molecule has 0 spiro atoms. The van der Waals surface area contributed by atoms with E-state index in [2.05, 4.69) is 5.32 Å². The van der Waals surface area contributed by atoms with Crippen molar-refractivity contribution in [1.29, 1.82) is 0 Å². The Bertz CT molecular complexity index is 558. The van der Waals surface area contributed by atoms with Gasteiger partial charge in [0.15, 0.2) is 0 Å². The van der Waals surface area contributed by atoms with E-state index >= 15 is 0 Å². The minimum absolute atomic E-state index is 0.158. The van der Waals surface area contributed by atoms with Crippen LogP contribution in [0, 0.1) is 13.8 Å². The average molecular weight is 231 g/mol. The van der Waals surface area contributed by atoms with Crippen molar-refractivity contribution in [2.75, 3.05) is 5.32 Å². The summed E-state index contributed by atoms with van der Waals surface area (Å²) in [5, 5.41) is 12.2. The number of hydrogen-bond donors (Lipinski definition) is 2. The number of benzene rings is 1. The summed E-state index contributed by atoms with van der Waals surface area (Å²) in [5.41, 5.74) is 1.69. The third kappa shape index (κ3) is 2.30. The summed E-state index contributed by atoms with van der Waals surface area (Å²) in [6.45, 7) is 3.52. The summed E-state index contributed by atoms with van der Waals surface area (Å²) in [6, 6.07) is 6.65. The Kier molecular flexibility index (Phi) is 2.87. The summed E-state index contributed by atoms with van der Waals surface area (Å²) < 4.78 is 5.07. The van der Waals surface area contributed by atoms with Gasteiger partial charge in [0.05, 0.1) is 5.56 Å². The number of anilines is 1. The zero-order valence-electron chi connectivity index (χ0n) is 9.65. The topological polar surface area (TPSA) is 62.5 Å². The Hall–Kier alpha value is -2.23. The van der Waals surface area contributed by atoms with Gasteiger partial charge in [0.2, 0.25) is 0 Å². The molecule has 0 saturated carbocycles. The SMILES string of the molecule is Cc1cc(C(=O)Nc2cccc(O)c2C)co1. The van der Waals surface area contributed by atoms with E-state index in [0.29, 0.717) is 22.6 Å². The van der Waals surface area contributed by atoms with E-state index in [0.717, 1.165) is 0 Å². The number of aromatic hydroxyl groups is 1. The number of hydrogen-bond acceptors (Lipinski definition) is 3. The van der Waals surface area contributed by atoms with Crippen LogP contribution in [-0.4, -0.2) is 11.0 Å². The number of amides is 1. The number of aryl methyl sites for hydroxylation is 1. The van der Waals surface area contributed by atoms with Crippen molar-refractivity contribution >= 4 is 11.6 Å². The van der Waals surface area contributed by atoms with E-state index < -0.39 is 0 Å². The molecular weight excluding hydrogens is 218 g/mol. The predicted octanol–water partition coefficient (Wildman–Crippen LogP) is 2.85. The lowest BCUT2D eigenvalue weighted by molar-refractivity contribution is 0.102. The summed E-state index contributed by atoms with van der Waals surface area (Å²) >= 11 is 0. The maximum atomic E-state index is 11.8. The molecule has 0 saturated heterocycles. The van der Waals surface area contributed by atoms with Crippen molar-refractivity contribution in [2.45, 2.75) is 13.8 Å². The molecule has 1 aromatic carbocycles. The van der Waals surface area contributed by atoms with Crippen LogP contribution in [0.5, 0.6) is 5.75 Å². The van der Waals surface area contributed by atoms with Crippen molar-refractivity contribution in [3.63, 3.8) is 0 Å². The molecule has 88 valence electrons. The smallest absolute Gasteiger partial charge is 0.258 e. The Labute approximate surface area is 98.9 Å². The molecule has 0 fully saturated rings. The van der Waals surface area contributed by atoms with E-state index in [-0.39, 0.29) is 11.7 Å². The molecule has 1 aromatic heterocycles. The van der Waals surface area contributed by atoms with Gasteiger partial charge >= 0.3 is 0 Å². The van der Waals surface area contributed by atoms with Crippen LogP contribution in [-0.2, 0) is 0 Å². The first-order chi connectivity index (χ1) is 8.08. The maximum absolute atomic E-state index is 11.8. The molecule has 2 N–H and O–H groups in total. The summed E-state index contributed by atoms with van der Waals surface area (Å²) in [5.74, 6) is 0.588. The second kappa shape index (κ2) is 4.33. The molecule has 0 unspecified atom stereocenters. The number of carbonyl (C=O) groups excluding carboxylic acids is 1. The van der Waals surface area contributed by atoms with Crippen molar-refractivity contribution in [1.82, 2.24) is 0 Å². The van der Waals surface area contributed by atoms with Crippen LogP contribution >= 0.6 is 0 Å². The molecule has 4 nitrogen and oxygen atoms in total. The van der Waals surface area contributed by atoms with Crippen LogP contribution in [0.4, 0.5) is 5.69 Å². The van der Waals surface area contributed by atoms with Gasteiger partial charge < -0.3 is 14.8 Å². The molecule has 0 aliphatic rings. The fourth-order valence-corrected chi connectivity index (χ4v) is 1.52. The molecule has 1 amide bonds. The van der Waals surface area contributed by atoms with Gasteiger partial charge in [-0.3, -0.25) is 4.79 Å². The third-order valence-electron chi connectivity index (χ3n) is 2.55. The van der Waals surface area contributed by atoms with Gasteiger partial charge in [-0.1, -0.05) is 6.07 Å². The number of furan rings is 1. The lowest BCUT2D eigenvalue weighted by atomic mass is 10.1. The van der Waals surface area contributed by atoms with Crippen LogP contribution in [0.2, 0.25) is 0 Å². The van der Waals surface area contributed by atoms with Crippen LogP contribution in [0.25, 0.3) is 0 Å². The minimum Gasteiger partial charge on any atom is -0.508 e. The average Bonchev–Trinajstić information content (AvgIpc) is 2.72. The molecule has 1 heterocycles. The van der Waals surface area contributed by atoms with Crippen molar-refractivity contribution in [3.05, 3.63) is 47.4 Å². The van der Waals surface area contributed by atoms with Gasteiger partial charge in [-0.15, -0.1) is 0 Å². The highest BCUT2D eigenvalue weighted by atomic mass is 16.3. The lowest BCUT2D eigenvalue weighted by Crippen LogP contribution is -2.11. The summed E-state index contributed by atoms with van der Waals surface area (Å²) in [6.07, 6.45) is 1.41. The van der Waals surface area contributed by atoms with Gasteiger partial charge in [-0.05, 0) is 32.0 Å². The largest absolute Gasteiger partial charge is 0.508 e. The normalized spacial score (nSPS) is 10.2. The van der Waals surface area contributed by atoms with Crippen molar-refractivity contribution < 1.29 is 14.3 Å². The van der Waals surface area contributed by atoms with Crippen LogP contribution < -0.4 is 5.32 Å². The number of rotatable bonds is 2. The van der Waals surface area contributed by atoms with Gasteiger partial charge in [-0.2, -0.15) is 0 Å². The fourth-order valence-electron chi connectivity index (χ4n) is 1.52. The second-order valence-electron chi connectivity index (χ2n) is 3.85. The molecule has 0 bridgehead atoms. The Balaban J connectivity index is 2.21. The zero-order chi connectivity index (χ0) is 12.4. The molecule has 0 aliphatic heterocycles. The number of nitrogens with one attached hydrogen (secondary N) is 1. The molecule has 4 heteroatoms. The van der Waals surface area contributed by atoms with Crippen molar-refractivity contribution in [3.8, 4) is 5.75 Å². The van der Waals surface area contributed by atoms with E-state index in [1.807, 2.05) is 0 Å². The van der Waals surface area contributed by atoms with E-state index in [1.54, 1.807) is 38.1 Å². The highest BCUT2D eigenvalue weighted by molar-refractivity contribution is 6.04. The summed E-state index contributed by atoms with van der Waals surface area (Å²) in [4.78, 5) is 11.8. The summed E-state index contributed by atoms with van der Waals surface area (Å²) in [7, 11) is 0. The predicted molar refractivity (Wildman–Crippen MR) is 64.2 cm³/mol.